The van der Waals surface area contributed by atoms with Crippen LogP contribution in [-0.4, -0.2) is 19.1 Å². The first-order chi connectivity index (χ1) is 27.8. The molecule has 0 spiro atoms. The van der Waals surface area contributed by atoms with Crippen LogP contribution in [0.15, 0.2) is 207 Å². The summed E-state index contributed by atoms with van der Waals surface area (Å²) in [6, 6.07) is 71.5. The number of hydrogen-bond acceptors (Lipinski definition) is 2. The van der Waals surface area contributed by atoms with Crippen molar-refractivity contribution in [2.45, 2.75) is 0 Å². The van der Waals surface area contributed by atoms with Crippen molar-refractivity contribution >= 4 is 43.6 Å². The van der Waals surface area contributed by atoms with E-state index in [4.69, 9.17) is 0 Å². The number of rotatable bonds is 6. The van der Waals surface area contributed by atoms with Crippen LogP contribution in [0.2, 0.25) is 0 Å². The third kappa shape index (κ3) is 5.31. The summed E-state index contributed by atoms with van der Waals surface area (Å²) in [5.41, 5.74) is 15.7. The van der Waals surface area contributed by atoms with Crippen molar-refractivity contribution in [2.75, 3.05) is 0 Å². The molecule has 262 valence electrons. The lowest BCUT2D eigenvalue weighted by atomic mass is 10.0. The van der Waals surface area contributed by atoms with Crippen LogP contribution < -0.4 is 0 Å². The molecule has 11 rings (SSSR count). The summed E-state index contributed by atoms with van der Waals surface area (Å²) in [6.07, 6.45) is 1.66. The van der Waals surface area contributed by atoms with Gasteiger partial charge >= 0.3 is 0 Å². The van der Waals surface area contributed by atoms with Crippen molar-refractivity contribution in [2.24, 2.45) is 0 Å². The van der Waals surface area contributed by atoms with E-state index in [9.17, 15) is 0 Å². The van der Waals surface area contributed by atoms with E-state index in [2.05, 4.69) is 219 Å². The van der Waals surface area contributed by atoms with Gasteiger partial charge in [0.15, 0.2) is 0 Å². The Labute approximate surface area is 324 Å². The monoisotopic (exact) mass is 714 g/mol. The first-order valence-electron chi connectivity index (χ1n) is 19.0. The summed E-state index contributed by atoms with van der Waals surface area (Å²) >= 11 is 0. The second-order valence-electron chi connectivity index (χ2n) is 14.3. The molecule has 0 aliphatic rings. The highest BCUT2D eigenvalue weighted by atomic mass is 15.0. The topological polar surface area (TPSA) is 35.6 Å². The van der Waals surface area contributed by atoms with Crippen molar-refractivity contribution in [1.29, 1.82) is 0 Å². The summed E-state index contributed by atoms with van der Waals surface area (Å²) in [5.74, 6) is 0. The molecule has 0 unspecified atom stereocenters. The molecule has 0 amide bonds. The SMILES string of the molecule is c1ccc2c(c1)c1ccccc1n2-c1ccc(-c2ccc(-c3cc(-c4ccc(-c5ccc(-n6c7ccccc7c7ccccc76)cc5)cc4)ncn3)cc2)cc1. The Morgan fingerprint density at radius 1 is 0.268 bits per heavy atom. The predicted molar refractivity (Wildman–Crippen MR) is 232 cm³/mol. The number of hydrogen-bond donors (Lipinski definition) is 0. The van der Waals surface area contributed by atoms with Gasteiger partial charge in [0.2, 0.25) is 0 Å². The predicted octanol–water partition coefficient (Wildman–Crippen LogP) is 13.3. The van der Waals surface area contributed by atoms with Crippen molar-refractivity contribution in [3.63, 3.8) is 0 Å². The van der Waals surface area contributed by atoms with Gasteiger partial charge in [-0.2, -0.15) is 0 Å². The molecular formula is C52H34N4. The van der Waals surface area contributed by atoms with Gasteiger partial charge in [-0.15, -0.1) is 0 Å². The zero-order valence-corrected chi connectivity index (χ0v) is 30.4. The third-order valence-corrected chi connectivity index (χ3v) is 11.1. The molecule has 0 aliphatic carbocycles. The van der Waals surface area contributed by atoms with Gasteiger partial charge in [-0.05, 0) is 76.9 Å². The lowest BCUT2D eigenvalue weighted by molar-refractivity contribution is 1.18. The minimum Gasteiger partial charge on any atom is -0.309 e. The van der Waals surface area contributed by atoms with Crippen LogP contribution in [0.3, 0.4) is 0 Å². The van der Waals surface area contributed by atoms with Crippen LogP contribution in [0.25, 0.3) is 99.8 Å². The molecule has 0 saturated heterocycles. The highest BCUT2D eigenvalue weighted by molar-refractivity contribution is 6.10. The molecule has 0 atom stereocenters. The average molecular weight is 715 g/mol. The van der Waals surface area contributed by atoms with Gasteiger partial charge in [-0.25, -0.2) is 9.97 Å². The Bertz CT molecular complexity index is 2880. The molecule has 0 bridgehead atoms. The Hall–Kier alpha value is -7.56. The standard InChI is InChI=1S/C52H34N4/c1-5-13-49-43(9-1)44-10-2-6-14-50(44)55(49)41-29-25-37(26-30-41)35-17-21-39(22-18-35)47-33-48(54-34-53-47)40-23-19-36(20-24-40)38-27-31-42(32-28-38)56-51-15-7-3-11-45(51)46-12-4-8-16-52(46)56/h1-34H. The summed E-state index contributed by atoms with van der Waals surface area (Å²) < 4.78 is 4.70. The number of aromatic nitrogens is 4. The second kappa shape index (κ2) is 13.1. The van der Waals surface area contributed by atoms with Gasteiger partial charge in [0.1, 0.15) is 6.33 Å². The molecule has 3 heterocycles. The highest BCUT2D eigenvalue weighted by Gasteiger charge is 2.14. The third-order valence-electron chi connectivity index (χ3n) is 11.1. The van der Waals surface area contributed by atoms with Crippen molar-refractivity contribution in [3.05, 3.63) is 207 Å². The highest BCUT2D eigenvalue weighted by Crippen LogP contribution is 2.35. The first kappa shape index (κ1) is 31.9. The lowest BCUT2D eigenvalue weighted by Gasteiger charge is -2.10. The van der Waals surface area contributed by atoms with Gasteiger partial charge < -0.3 is 9.13 Å². The molecule has 0 saturated carbocycles. The van der Waals surface area contributed by atoms with Crippen LogP contribution in [0, 0.1) is 0 Å². The molecular weight excluding hydrogens is 681 g/mol. The number of nitrogens with zero attached hydrogens (tertiary/aromatic N) is 4. The second-order valence-corrected chi connectivity index (χ2v) is 14.3. The normalized spacial score (nSPS) is 11.6. The van der Waals surface area contributed by atoms with E-state index < -0.39 is 0 Å². The molecule has 56 heavy (non-hydrogen) atoms. The molecule has 8 aromatic carbocycles. The quantitative estimate of drug-likeness (QED) is 0.172. The van der Waals surface area contributed by atoms with E-state index >= 15 is 0 Å². The Kier molecular flexibility index (Phi) is 7.46. The molecule has 3 aromatic heterocycles. The van der Waals surface area contributed by atoms with E-state index in [-0.39, 0.29) is 0 Å². The smallest absolute Gasteiger partial charge is 0.116 e. The maximum Gasteiger partial charge on any atom is 0.116 e. The van der Waals surface area contributed by atoms with Gasteiger partial charge in [0.25, 0.3) is 0 Å². The van der Waals surface area contributed by atoms with E-state index in [1.54, 1.807) is 6.33 Å². The number of benzene rings is 8. The maximum absolute atomic E-state index is 4.64. The number of para-hydroxylation sites is 4. The average Bonchev–Trinajstić information content (AvgIpc) is 3.80. The van der Waals surface area contributed by atoms with Crippen LogP contribution >= 0.6 is 0 Å². The molecule has 4 heteroatoms. The largest absolute Gasteiger partial charge is 0.309 e. The minimum atomic E-state index is 0.896. The summed E-state index contributed by atoms with van der Waals surface area (Å²) in [6.45, 7) is 0. The fraction of sp³-hybridized carbons (Fsp3) is 0. The maximum atomic E-state index is 4.64. The van der Waals surface area contributed by atoms with E-state index in [0.717, 1.165) is 45.0 Å². The molecule has 0 N–H and O–H groups in total. The van der Waals surface area contributed by atoms with Crippen molar-refractivity contribution in [3.8, 4) is 56.1 Å². The summed E-state index contributed by atoms with van der Waals surface area (Å²) in [7, 11) is 0. The minimum absolute atomic E-state index is 0.896. The Morgan fingerprint density at radius 2 is 0.536 bits per heavy atom. The zero-order chi connectivity index (χ0) is 37.0. The molecule has 4 nitrogen and oxygen atoms in total. The first-order valence-corrected chi connectivity index (χ1v) is 19.0. The Balaban J connectivity index is 0.825. The van der Waals surface area contributed by atoms with E-state index in [1.165, 1.54) is 54.7 Å². The van der Waals surface area contributed by atoms with Crippen molar-refractivity contribution in [1.82, 2.24) is 19.1 Å². The Morgan fingerprint density at radius 3 is 0.857 bits per heavy atom. The van der Waals surface area contributed by atoms with Gasteiger partial charge in [0.05, 0.1) is 33.5 Å². The molecule has 11 aromatic rings. The fourth-order valence-electron chi connectivity index (χ4n) is 8.35. The summed E-state index contributed by atoms with van der Waals surface area (Å²) in [5, 5.41) is 5.08. The molecule has 0 aliphatic heterocycles. The lowest BCUT2D eigenvalue weighted by Crippen LogP contribution is -1.93. The van der Waals surface area contributed by atoms with Crippen LogP contribution in [0.4, 0.5) is 0 Å². The summed E-state index contributed by atoms with van der Waals surface area (Å²) in [4.78, 5) is 9.29. The van der Waals surface area contributed by atoms with Crippen LogP contribution in [0.1, 0.15) is 0 Å². The van der Waals surface area contributed by atoms with Gasteiger partial charge in [-0.1, -0.05) is 146 Å². The van der Waals surface area contributed by atoms with Crippen molar-refractivity contribution < 1.29 is 0 Å². The van der Waals surface area contributed by atoms with Gasteiger partial charge in [-0.3, -0.25) is 0 Å². The van der Waals surface area contributed by atoms with Crippen LogP contribution in [0.5, 0.6) is 0 Å². The van der Waals surface area contributed by atoms with E-state index in [0.29, 0.717) is 0 Å². The fourth-order valence-corrected chi connectivity index (χ4v) is 8.35. The zero-order valence-electron chi connectivity index (χ0n) is 30.4. The number of fused-ring (bicyclic) bond motifs is 6. The molecule has 0 fully saturated rings. The van der Waals surface area contributed by atoms with Crippen LogP contribution in [-0.2, 0) is 0 Å². The van der Waals surface area contributed by atoms with Gasteiger partial charge in [0, 0.05) is 44.0 Å². The van der Waals surface area contributed by atoms with E-state index in [1.807, 2.05) is 0 Å². The molecule has 0 radical (unpaired) electrons.